The molecule has 4 nitrogen and oxygen atoms in total. The highest BCUT2D eigenvalue weighted by Gasteiger charge is 2.21. The number of pyridine rings is 1. The number of nitrogens with zero attached hydrogens (tertiary/aromatic N) is 2. The number of nitrogens with one attached hydrogen (secondary N) is 2. The second-order valence-corrected chi connectivity index (χ2v) is 6.78. The second-order valence-electron chi connectivity index (χ2n) is 5.87. The Morgan fingerprint density at radius 3 is 3.18 bits per heavy atom. The molecule has 0 radical (unpaired) electrons. The van der Waals surface area contributed by atoms with E-state index in [1.165, 1.54) is 27.0 Å². The van der Waals surface area contributed by atoms with Crippen LogP contribution in [0.3, 0.4) is 0 Å². The van der Waals surface area contributed by atoms with E-state index in [-0.39, 0.29) is 0 Å². The molecule has 1 atom stereocenters. The SMILES string of the molecule is Cc1cccc(SNC2CCc3c(cnc4[nH]ncc34)C2)c1. The standard InChI is InChI=1S/C17H18N4S/c1-11-3-2-4-14(7-11)22-21-13-5-6-15-12(8-13)9-18-17-16(15)10-19-20-17/h2-4,7,9-10,13,21H,5-6,8H2,1H3,(H,18,19,20). The number of fused-ring (bicyclic) bond motifs is 3. The lowest BCUT2D eigenvalue weighted by atomic mass is 9.88. The van der Waals surface area contributed by atoms with Gasteiger partial charge in [0.1, 0.15) is 0 Å². The van der Waals surface area contributed by atoms with Crippen LogP contribution in [0.5, 0.6) is 0 Å². The number of benzene rings is 1. The van der Waals surface area contributed by atoms with Crippen LogP contribution in [0.2, 0.25) is 0 Å². The molecule has 3 aromatic rings. The van der Waals surface area contributed by atoms with Gasteiger partial charge in [-0.05, 0) is 67.0 Å². The number of aromatic amines is 1. The molecule has 0 spiro atoms. The van der Waals surface area contributed by atoms with Crippen molar-refractivity contribution < 1.29 is 0 Å². The summed E-state index contributed by atoms with van der Waals surface area (Å²) in [4.78, 5) is 5.74. The normalized spacial score (nSPS) is 17.6. The van der Waals surface area contributed by atoms with Crippen molar-refractivity contribution in [2.45, 2.75) is 37.1 Å². The summed E-state index contributed by atoms with van der Waals surface area (Å²) in [6.45, 7) is 2.13. The van der Waals surface area contributed by atoms with Gasteiger partial charge >= 0.3 is 0 Å². The van der Waals surface area contributed by atoms with E-state index in [9.17, 15) is 0 Å². The Bertz CT molecular complexity index is 811. The maximum Gasteiger partial charge on any atom is 0.155 e. The fraction of sp³-hybridized carbons (Fsp3) is 0.294. The van der Waals surface area contributed by atoms with Gasteiger partial charge in [0.2, 0.25) is 0 Å². The molecule has 1 aliphatic rings. The van der Waals surface area contributed by atoms with E-state index in [0.717, 1.165) is 24.9 Å². The number of rotatable bonds is 3. The number of H-pyrrole nitrogens is 1. The average molecular weight is 310 g/mol. The van der Waals surface area contributed by atoms with Crippen LogP contribution < -0.4 is 4.72 Å². The van der Waals surface area contributed by atoms with Gasteiger partial charge in [-0.25, -0.2) is 4.98 Å². The summed E-state index contributed by atoms with van der Waals surface area (Å²) in [5.74, 6) is 0. The van der Waals surface area contributed by atoms with Crippen LogP contribution in [-0.4, -0.2) is 21.2 Å². The minimum atomic E-state index is 0.490. The van der Waals surface area contributed by atoms with Gasteiger partial charge in [-0.2, -0.15) is 5.10 Å². The predicted molar refractivity (Wildman–Crippen MR) is 89.9 cm³/mol. The summed E-state index contributed by atoms with van der Waals surface area (Å²) in [6, 6.07) is 9.09. The number of aryl methyl sites for hydroxylation is 2. The largest absolute Gasteiger partial charge is 0.261 e. The van der Waals surface area contributed by atoms with Crippen molar-refractivity contribution in [2.75, 3.05) is 0 Å². The molecule has 2 N–H and O–H groups in total. The minimum absolute atomic E-state index is 0.490. The van der Waals surface area contributed by atoms with Crippen molar-refractivity contribution >= 4 is 23.0 Å². The highest BCUT2D eigenvalue weighted by Crippen LogP contribution is 2.28. The molecule has 0 saturated carbocycles. The molecule has 0 amide bonds. The molecular formula is C17H18N4S. The van der Waals surface area contributed by atoms with Gasteiger partial charge in [0, 0.05) is 22.5 Å². The lowest BCUT2D eigenvalue weighted by molar-refractivity contribution is 0.547. The molecule has 22 heavy (non-hydrogen) atoms. The zero-order valence-corrected chi connectivity index (χ0v) is 13.3. The third-order valence-electron chi connectivity index (χ3n) is 4.22. The summed E-state index contributed by atoms with van der Waals surface area (Å²) in [7, 11) is 0. The van der Waals surface area contributed by atoms with Crippen LogP contribution in [0.15, 0.2) is 41.6 Å². The fourth-order valence-corrected chi connectivity index (χ4v) is 3.98. The molecule has 1 aliphatic carbocycles. The van der Waals surface area contributed by atoms with E-state index in [4.69, 9.17) is 0 Å². The smallest absolute Gasteiger partial charge is 0.155 e. The van der Waals surface area contributed by atoms with Gasteiger partial charge in [-0.1, -0.05) is 12.1 Å². The lowest BCUT2D eigenvalue weighted by Crippen LogP contribution is -2.30. The quantitative estimate of drug-likeness (QED) is 0.728. The Hall–Kier alpha value is -1.85. The molecule has 0 aliphatic heterocycles. The third-order valence-corrected chi connectivity index (χ3v) is 5.16. The lowest BCUT2D eigenvalue weighted by Gasteiger charge is -2.25. The average Bonchev–Trinajstić information content (AvgIpc) is 3.01. The summed E-state index contributed by atoms with van der Waals surface area (Å²) >= 11 is 1.73. The minimum Gasteiger partial charge on any atom is -0.261 e. The molecule has 1 aromatic carbocycles. The molecule has 4 rings (SSSR count). The molecule has 2 heterocycles. The summed E-state index contributed by atoms with van der Waals surface area (Å²) in [6.07, 6.45) is 7.16. The van der Waals surface area contributed by atoms with E-state index in [0.29, 0.717) is 6.04 Å². The Labute approximate surface area is 133 Å². The number of aromatic nitrogens is 3. The number of hydrogen-bond acceptors (Lipinski definition) is 4. The van der Waals surface area contributed by atoms with Crippen LogP contribution in [0, 0.1) is 6.92 Å². The monoisotopic (exact) mass is 310 g/mol. The summed E-state index contributed by atoms with van der Waals surface area (Å²) in [5.41, 5.74) is 4.96. The maximum absolute atomic E-state index is 4.47. The Morgan fingerprint density at radius 1 is 1.32 bits per heavy atom. The van der Waals surface area contributed by atoms with Gasteiger partial charge in [-0.3, -0.25) is 9.82 Å². The highest BCUT2D eigenvalue weighted by molar-refractivity contribution is 7.97. The van der Waals surface area contributed by atoms with E-state index in [1.54, 1.807) is 11.9 Å². The first-order valence-corrected chi connectivity index (χ1v) is 8.40. The first-order chi connectivity index (χ1) is 10.8. The zero-order chi connectivity index (χ0) is 14.9. The third kappa shape index (κ3) is 2.62. The van der Waals surface area contributed by atoms with Gasteiger partial charge in [0.05, 0.1) is 6.20 Å². The molecular weight excluding hydrogens is 292 g/mol. The molecule has 0 fully saturated rings. The molecule has 112 valence electrons. The van der Waals surface area contributed by atoms with Crippen LogP contribution in [-0.2, 0) is 12.8 Å². The fourth-order valence-electron chi connectivity index (χ4n) is 3.08. The van der Waals surface area contributed by atoms with Gasteiger partial charge in [0.25, 0.3) is 0 Å². The van der Waals surface area contributed by atoms with Gasteiger partial charge < -0.3 is 0 Å². The second kappa shape index (κ2) is 5.74. The molecule has 1 unspecified atom stereocenters. The van der Waals surface area contributed by atoms with Crippen LogP contribution in [0.25, 0.3) is 11.0 Å². The van der Waals surface area contributed by atoms with Crippen LogP contribution in [0.1, 0.15) is 23.1 Å². The predicted octanol–water partition coefficient (Wildman–Crippen LogP) is 3.42. The van der Waals surface area contributed by atoms with Gasteiger partial charge in [-0.15, -0.1) is 0 Å². The van der Waals surface area contributed by atoms with E-state index in [1.807, 2.05) is 12.4 Å². The molecule has 0 saturated heterocycles. The van der Waals surface area contributed by atoms with Crippen molar-refractivity contribution in [1.29, 1.82) is 0 Å². The summed E-state index contributed by atoms with van der Waals surface area (Å²) < 4.78 is 3.61. The van der Waals surface area contributed by atoms with Crippen molar-refractivity contribution in [3.8, 4) is 0 Å². The molecule has 0 bridgehead atoms. The zero-order valence-electron chi connectivity index (χ0n) is 12.5. The Balaban J connectivity index is 1.48. The molecule has 5 heteroatoms. The van der Waals surface area contributed by atoms with Crippen molar-refractivity contribution in [2.24, 2.45) is 0 Å². The first kappa shape index (κ1) is 13.8. The van der Waals surface area contributed by atoms with Crippen LogP contribution in [0.4, 0.5) is 0 Å². The maximum atomic E-state index is 4.47. The van der Waals surface area contributed by atoms with Crippen molar-refractivity contribution in [1.82, 2.24) is 19.9 Å². The topological polar surface area (TPSA) is 53.6 Å². The summed E-state index contributed by atoms with van der Waals surface area (Å²) in [5, 5.41) is 8.24. The Kier molecular flexibility index (Phi) is 3.60. The van der Waals surface area contributed by atoms with Gasteiger partial charge in [0.15, 0.2) is 5.65 Å². The van der Waals surface area contributed by atoms with E-state index in [2.05, 4.69) is 51.1 Å². The first-order valence-electron chi connectivity index (χ1n) is 7.58. The van der Waals surface area contributed by atoms with Crippen molar-refractivity contribution in [3.63, 3.8) is 0 Å². The number of hydrogen-bond donors (Lipinski definition) is 2. The Morgan fingerprint density at radius 2 is 2.27 bits per heavy atom. The van der Waals surface area contributed by atoms with E-state index < -0.39 is 0 Å². The van der Waals surface area contributed by atoms with E-state index >= 15 is 0 Å². The van der Waals surface area contributed by atoms with Crippen LogP contribution >= 0.6 is 11.9 Å². The molecule has 2 aromatic heterocycles. The van der Waals surface area contributed by atoms with Crippen molar-refractivity contribution in [3.05, 3.63) is 53.3 Å². The highest BCUT2D eigenvalue weighted by atomic mass is 32.2.